The van der Waals surface area contributed by atoms with Gasteiger partial charge in [-0.25, -0.2) is 4.98 Å². The number of amides is 3. The molecule has 1 aliphatic rings. The summed E-state index contributed by atoms with van der Waals surface area (Å²) in [4.78, 5) is 40.3. The molecule has 8 nitrogen and oxygen atoms in total. The Hall–Kier alpha value is -2.90. The van der Waals surface area contributed by atoms with Gasteiger partial charge in [-0.15, -0.1) is 0 Å². The first-order valence-corrected chi connectivity index (χ1v) is 8.13. The Bertz CT molecular complexity index is 689. The van der Waals surface area contributed by atoms with Crippen LogP contribution in [-0.2, 0) is 9.59 Å². The molecule has 1 aromatic heterocycles. The molecule has 1 aromatic rings. The molecular weight excluding hydrogens is 322 g/mol. The van der Waals surface area contributed by atoms with Crippen LogP contribution in [0.2, 0.25) is 0 Å². The van der Waals surface area contributed by atoms with Crippen LogP contribution in [0.15, 0.2) is 24.9 Å². The van der Waals surface area contributed by atoms with E-state index in [4.69, 9.17) is 5.73 Å². The van der Waals surface area contributed by atoms with E-state index in [9.17, 15) is 14.4 Å². The number of carbonyl (C=O) groups excluding carboxylic acids is 3. The molecule has 1 aliphatic heterocycles. The lowest BCUT2D eigenvalue weighted by Gasteiger charge is -2.32. The number of nitrogens with one attached hydrogen (secondary N) is 2. The molecule has 0 aromatic carbocycles. The van der Waals surface area contributed by atoms with Crippen LogP contribution in [0.5, 0.6) is 0 Å². The van der Waals surface area contributed by atoms with Gasteiger partial charge in [-0.2, -0.15) is 0 Å². The van der Waals surface area contributed by atoms with E-state index in [1.807, 2.05) is 0 Å². The third kappa shape index (κ3) is 5.03. The van der Waals surface area contributed by atoms with Gasteiger partial charge in [0.2, 0.25) is 11.8 Å². The van der Waals surface area contributed by atoms with Crippen LogP contribution in [0, 0.1) is 5.92 Å². The topological polar surface area (TPSA) is 117 Å². The normalized spacial score (nSPS) is 16.8. The van der Waals surface area contributed by atoms with Gasteiger partial charge < -0.3 is 21.3 Å². The third-order valence-corrected chi connectivity index (χ3v) is 4.06. The fourth-order valence-electron chi connectivity index (χ4n) is 2.86. The Kier molecular flexibility index (Phi) is 6.10. The maximum atomic E-state index is 11.8. The first-order chi connectivity index (χ1) is 11.9. The third-order valence-electron chi connectivity index (χ3n) is 4.06. The van der Waals surface area contributed by atoms with Crippen LogP contribution in [0.4, 0.5) is 11.5 Å². The van der Waals surface area contributed by atoms with Crippen LogP contribution in [0.25, 0.3) is 0 Å². The SMILES string of the molecule is C=CC(=O)N1CCC[C@H](CNc2cc(NC(C)=O)ncc2C(N)=O)C1. The van der Waals surface area contributed by atoms with E-state index in [1.54, 1.807) is 11.0 Å². The number of anilines is 2. The Labute approximate surface area is 146 Å². The highest BCUT2D eigenvalue weighted by Crippen LogP contribution is 2.21. The summed E-state index contributed by atoms with van der Waals surface area (Å²) in [6, 6.07) is 1.58. The molecule has 2 heterocycles. The zero-order chi connectivity index (χ0) is 18.4. The van der Waals surface area contributed by atoms with Crippen molar-refractivity contribution in [2.45, 2.75) is 19.8 Å². The van der Waals surface area contributed by atoms with E-state index in [0.29, 0.717) is 24.6 Å². The number of hydrogen-bond acceptors (Lipinski definition) is 5. The van der Waals surface area contributed by atoms with Crippen molar-refractivity contribution in [1.82, 2.24) is 9.88 Å². The smallest absolute Gasteiger partial charge is 0.252 e. The second-order valence-electron chi connectivity index (χ2n) is 6.04. The molecule has 3 amide bonds. The van der Waals surface area contributed by atoms with Gasteiger partial charge in [0.25, 0.3) is 5.91 Å². The molecule has 0 unspecified atom stereocenters. The van der Waals surface area contributed by atoms with Crippen molar-refractivity contribution in [3.05, 3.63) is 30.5 Å². The number of rotatable bonds is 6. The Balaban J connectivity index is 2.07. The molecule has 2 rings (SSSR count). The number of pyridine rings is 1. The van der Waals surface area contributed by atoms with Crippen molar-refractivity contribution in [3.8, 4) is 0 Å². The summed E-state index contributed by atoms with van der Waals surface area (Å²) in [6.45, 7) is 6.84. The maximum absolute atomic E-state index is 11.8. The van der Waals surface area contributed by atoms with Gasteiger partial charge >= 0.3 is 0 Å². The summed E-state index contributed by atoms with van der Waals surface area (Å²) in [6.07, 6.45) is 4.56. The molecular formula is C17H23N5O3. The Morgan fingerprint density at radius 3 is 2.88 bits per heavy atom. The molecule has 0 spiro atoms. The average molecular weight is 345 g/mol. The van der Waals surface area contributed by atoms with Crippen molar-refractivity contribution in [3.63, 3.8) is 0 Å². The van der Waals surface area contributed by atoms with Crippen molar-refractivity contribution >= 4 is 29.2 Å². The lowest BCUT2D eigenvalue weighted by Crippen LogP contribution is -2.41. The average Bonchev–Trinajstić information content (AvgIpc) is 2.58. The largest absolute Gasteiger partial charge is 0.384 e. The molecule has 1 atom stereocenters. The number of piperidine rings is 1. The van der Waals surface area contributed by atoms with Gasteiger partial charge in [-0.3, -0.25) is 14.4 Å². The van der Waals surface area contributed by atoms with Crippen molar-refractivity contribution in [2.75, 3.05) is 30.3 Å². The molecule has 0 radical (unpaired) electrons. The number of likely N-dealkylation sites (tertiary alicyclic amines) is 1. The molecule has 0 bridgehead atoms. The minimum atomic E-state index is -0.600. The molecule has 0 aliphatic carbocycles. The fraction of sp³-hybridized carbons (Fsp3) is 0.412. The predicted molar refractivity (Wildman–Crippen MR) is 95.0 cm³/mol. The van der Waals surface area contributed by atoms with Gasteiger partial charge in [-0.1, -0.05) is 6.58 Å². The summed E-state index contributed by atoms with van der Waals surface area (Å²) in [7, 11) is 0. The number of primary amides is 1. The highest BCUT2D eigenvalue weighted by atomic mass is 16.2. The highest BCUT2D eigenvalue weighted by Gasteiger charge is 2.22. The predicted octanol–water partition coefficient (Wildman–Crippen LogP) is 0.975. The van der Waals surface area contributed by atoms with Gasteiger partial charge in [0.05, 0.1) is 11.3 Å². The fourth-order valence-corrected chi connectivity index (χ4v) is 2.86. The van der Waals surface area contributed by atoms with Crippen LogP contribution < -0.4 is 16.4 Å². The minimum Gasteiger partial charge on any atom is -0.384 e. The Morgan fingerprint density at radius 1 is 1.48 bits per heavy atom. The van der Waals surface area contributed by atoms with Crippen LogP contribution in [-0.4, -0.2) is 47.2 Å². The van der Waals surface area contributed by atoms with Crippen LogP contribution >= 0.6 is 0 Å². The number of aromatic nitrogens is 1. The second-order valence-corrected chi connectivity index (χ2v) is 6.04. The molecule has 8 heteroatoms. The molecule has 25 heavy (non-hydrogen) atoms. The summed E-state index contributed by atoms with van der Waals surface area (Å²) in [5.74, 6) is -0.338. The maximum Gasteiger partial charge on any atom is 0.252 e. The first-order valence-electron chi connectivity index (χ1n) is 8.13. The van der Waals surface area contributed by atoms with Crippen molar-refractivity contribution in [1.29, 1.82) is 0 Å². The lowest BCUT2D eigenvalue weighted by atomic mass is 9.97. The Morgan fingerprint density at radius 2 is 2.24 bits per heavy atom. The van der Waals surface area contributed by atoms with Gasteiger partial charge in [0.1, 0.15) is 5.82 Å². The molecule has 4 N–H and O–H groups in total. The summed E-state index contributed by atoms with van der Waals surface area (Å²) >= 11 is 0. The quantitative estimate of drug-likeness (QED) is 0.664. The number of hydrogen-bond donors (Lipinski definition) is 3. The first kappa shape index (κ1) is 18.4. The van der Waals surface area contributed by atoms with Crippen molar-refractivity contribution in [2.24, 2.45) is 11.7 Å². The molecule has 1 fully saturated rings. The summed E-state index contributed by atoms with van der Waals surface area (Å²) in [5.41, 5.74) is 6.15. The zero-order valence-electron chi connectivity index (χ0n) is 14.2. The van der Waals surface area contributed by atoms with E-state index in [0.717, 1.165) is 19.4 Å². The van der Waals surface area contributed by atoms with Crippen molar-refractivity contribution < 1.29 is 14.4 Å². The van der Waals surface area contributed by atoms with Crippen LogP contribution in [0.1, 0.15) is 30.1 Å². The number of nitrogens with two attached hydrogens (primary N) is 1. The molecule has 1 saturated heterocycles. The second kappa shape index (κ2) is 8.27. The standard InChI is InChI=1S/C17H23N5O3/c1-3-16(24)22-6-4-5-12(10-22)8-19-14-7-15(21-11(2)23)20-9-13(14)17(18)25/h3,7,9,12H,1,4-6,8,10H2,2H3,(H2,18,25)(H2,19,20,21,23)/t12-/m1/s1. The highest BCUT2D eigenvalue weighted by molar-refractivity contribution is 5.99. The van der Waals surface area contributed by atoms with E-state index in [1.165, 1.54) is 19.2 Å². The van der Waals surface area contributed by atoms with Crippen LogP contribution in [0.3, 0.4) is 0 Å². The molecule has 0 saturated carbocycles. The van der Waals surface area contributed by atoms with E-state index < -0.39 is 5.91 Å². The number of nitrogens with zero attached hydrogens (tertiary/aromatic N) is 2. The van der Waals surface area contributed by atoms with Gasteiger partial charge in [-0.05, 0) is 24.8 Å². The van der Waals surface area contributed by atoms with E-state index in [-0.39, 0.29) is 23.3 Å². The molecule has 134 valence electrons. The minimum absolute atomic E-state index is 0.0700. The lowest BCUT2D eigenvalue weighted by molar-refractivity contribution is -0.127. The van der Waals surface area contributed by atoms with Gasteiger partial charge in [0, 0.05) is 38.8 Å². The monoisotopic (exact) mass is 345 g/mol. The van der Waals surface area contributed by atoms with Gasteiger partial charge in [0.15, 0.2) is 0 Å². The summed E-state index contributed by atoms with van der Waals surface area (Å²) in [5, 5.41) is 5.77. The summed E-state index contributed by atoms with van der Waals surface area (Å²) < 4.78 is 0. The van der Waals surface area contributed by atoms with E-state index in [2.05, 4.69) is 22.2 Å². The zero-order valence-corrected chi connectivity index (χ0v) is 14.2. The number of carbonyl (C=O) groups is 3. The van der Waals surface area contributed by atoms with E-state index >= 15 is 0 Å².